The lowest BCUT2D eigenvalue weighted by Gasteiger charge is -2.36. The van der Waals surface area contributed by atoms with Crippen LogP contribution in [0.3, 0.4) is 0 Å². The van der Waals surface area contributed by atoms with Gasteiger partial charge in [-0.25, -0.2) is 0 Å². The maximum Gasteiger partial charge on any atom is 0.238 e. The number of aryl methyl sites for hydroxylation is 1. The molecule has 0 unspecified atom stereocenters. The summed E-state index contributed by atoms with van der Waals surface area (Å²) in [5.41, 5.74) is 3.34. The van der Waals surface area contributed by atoms with Crippen LogP contribution in [0.15, 0.2) is 48.8 Å². The Hall–Kier alpha value is -2.24. The van der Waals surface area contributed by atoms with E-state index in [9.17, 15) is 4.79 Å². The number of nitrogens with one attached hydrogen (secondary N) is 1. The second-order valence-corrected chi connectivity index (χ2v) is 7.46. The van der Waals surface area contributed by atoms with Gasteiger partial charge in [-0.2, -0.15) is 0 Å². The Balaban J connectivity index is 1.39. The Labute approximate surface area is 162 Å². The Morgan fingerprint density at radius 2 is 1.89 bits per heavy atom. The van der Waals surface area contributed by atoms with Crippen LogP contribution in [-0.2, 0) is 11.2 Å². The summed E-state index contributed by atoms with van der Waals surface area (Å²) in [7, 11) is 2.06. The summed E-state index contributed by atoms with van der Waals surface area (Å²) in [4.78, 5) is 21.2. The molecule has 1 fully saturated rings. The molecule has 0 spiro atoms. The van der Waals surface area contributed by atoms with Crippen molar-refractivity contribution in [1.29, 1.82) is 0 Å². The first-order valence-electron chi connectivity index (χ1n) is 9.79. The first-order chi connectivity index (χ1) is 13.1. The van der Waals surface area contributed by atoms with Crippen molar-refractivity contribution in [3.05, 3.63) is 59.9 Å². The number of aromatic nitrogens is 1. The number of likely N-dealkylation sites (tertiary alicyclic amines) is 1. The van der Waals surface area contributed by atoms with Gasteiger partial charge in [0.05, 0.1) is 6.54 Å². The summed E-state index contributed by atoms with van der Waals surface area (Å²) >= 11 is 0. The quantitative estimate of drug-likeness (QED) is 0.818. The van der Waals surface area contributed by atoms with E-state index in [1.165, 1.54) is 5.56 Å². The van der Waals surface area contributed by atoms with Gasteiger partial charge in [-0.3, -0.25) is 14.7 Å². The van der Waals surface area contributed by atoms with Gasteiger partial charge in [0, 0.05) is 30.7 Å². The maximum atomic E-state index is 12.4. The number of carbonyl (C=O) groups excluding carboxylic acids is 1. The number of piperidine rings is 1. The molecule has 2 aromatic rings. The maximum absolute atomic E-state index is 12.4. The fourth-order valence-electron chi connectivity index (χ4n) is 3.68. The zero-order chi connectivity index (χ0) is 19.1. The lowest BCUT2D eigenvalue weighted by molar-refractivity contribution is -0.117. The van der Waals surface area contributed by atoms with Crippen molar-refractivity contribution in [2.24, 2.45) is 0 Å². The minimum Gasteiger partial charge on any atom is -0.325 e. The van der Waals surface area contributed by atoms with E-state index in [2.05, 4.69) is 39.3 Å². The number of benzene rings is 1. The predicted molar refractivity (Wildman–Crippen MR) is 110 cm³/mol. The average Bonchev–Trinajstić information content (AvgIpc) is 2.69. The van der Waals surface area contributed by atoms with E-state index in [0.29, 0.717) is 12.6 Å². The molecule has 1 aromatic heterocycles. The van der Waals surface area contributed by atoms with E-state index >= 15 is 0 Å². The standard InChI is InChI=1S/C22H30N4O/c1-18-5-3-4-6-21(18)24-22(27)17-25(2)20-10-15-26(16-11-20)14-9-19-7-12-23-13-8-19/h3-8,12-13,20H,9-11,14-17H2,1-2H3,(H,24,27). The molecule has 1 aromatic carbocycles. The third kappa shape index (κ3) is 5.88. The van der Waals surface area contributed by atoms with Crippen molar-refractivity contribution in [3.63, 3.8) is 0 Å². The molecule has 3 rings (SSSR count). The number of likely N-dealkylation sites (N-methyl/N-ethyl adjacent to an activating group) is 1. The van der Waals surface area contributed by atoms with Crippen molar-refractivity contribution in [1.82, 2.24) is 14.8 Å². The summed E-state index contributed by atoms with van der Waals surface area (Å²) in [6, 6.07) is 12.6. The third-order valence-corrected chi connectivity index (χ3v) is 5.46. The molecule has 5 nitrogen and oxygen atoms in total. The number of carbonyl (C=O) groups is 1. The number of para-hydroxylation sites is 1. The Bertz CT molecular complexity index is 726. The zero-order valence-corrected chi connectivity index (χ0v) is 16.4. The summed E-state index contributed by atoms with van der Waals surface area (Å²) in [6.07, 6.45) is 7.02. The van der Waals surface area contributed by atoms with Gasteiger partial charge < -0.3 is 10.2 Å². The van der Waals surface area contributed by atoms with Crippen LogP contribution in [0.5, 0.6) is 0 Å². The van der Waals surface area contributed by atoms with Crippen LogP contribution < -0.4 is 5.32 Å². The molecular formula is C22H30N4O. The SMILES string of the molecule is Cc1ccccc1NC(=O)CN(C)C1CCN(CCc2ccncc2)CC1. The Morgan fingerprint density at radius 3 is 2.59 bits per heavy atom. The van der Waals surface area contributed by atoms with Gasteiger partial charge in [0.2, 0.25) is 5.91 Å². The number of amides is 1. The molecule has 2 heterocycles. The molecule has 1 N–H and O–H groups in total. The average molecular weight is 367 g/mol. The Morgan fingerprint density at radius 1 is 1.19 bits per heavy atom. The molecule has 0 aliphatic carbocycles. The molecule has 0 bridgehead atoms. The highest BCUT2D eigenvalue weighted by Gasteiger charge is 2.23. The smallest absolute Gasteiger partial charge is 0.238 e. The third-order valence-electron chi connectivity index (χ3n) is 5.46. The van der Waals surface area contributed by atoms with Gasteiger partial charge in [-0.05, 0) is 75.6 Å². The van der Waals surface area contributed by atoms with Crippen LogP contribution in [0.4, 0.5) is 5.69 Å². The number of rotatable bonds is 7. The molecule has 1 amide bonds. The number of nitrogens with zero attached hydrogens (tertiary/aromatic N) is 3. The van der Waals surface area contributed by atoms with E-state index in [1.807, 2.05) is 43.6 Å². The monoisotopic (exact) mass is 366 g/mol. The molecule has 0 radical (unpaired) electrons. The molecule has 1 aliphatic rings. The van der Waals surface area contributed by atoms with Gasteiger partial charge in [0.25, 0.3) is 0 Å². The molecule has 1 aliphatic heterocycles. The van der Waals surface area contributed by atoms with Crippen molar-refractivity contribution in [3.8, 4) is 0 Å². The summed E-state index contributed by atoms with van der Waals surface area (Å²) in [5, 5.41) is 3.03. The van der Waals surface area contributed by atoms with Gasteiger partial charge >= 0.3 is 0 Å². The topological polar surface area (TPSA) is 48.5 Å². The molecular weight excluding hydrogens is 336 g/mol. The number of pyridine rings is 1. The van der Waals surface area contributed by atoms with Crippen molar-refractivity contribution < 1.29 is 4.79 Å². The summed E-state index contributed by atoms with van der Waals surface area (Å²) in [6.45, 7) is 5.74. The lowest BCUT2D eigenvalue weighted by atomic mass is 10.0. The van der Waals surface area contributed by atoms with Gasteiger partial charge in [0.15, 0.2) is 0 Å². The summed E-state index contributed by atoms with van der Waals surface area (Å²) in [5.74, 6) is 0.0620. The molecule has 144 valence electrons. The van der Waals surface area contributed by atoms with Crippen LogP contribution in [0.2, 0.25) is 0 Å². The van der Waals surface area contributed by atoms with E-state index in [-0.39, 0.29) is 5.91 Å². The van der Waals surface area contributed by atoms with Crippen LogP contribution in [0, 0.1) is 6.92 Å². The highest BCUT2D eigenvalue weighted by molar-refractivity contribution is 5.92. The normalized spacial score (nSPS) is 15.8. The second-order valence-electron chi connectivity index (χ2n) is 7.46. The van der Waals surface area contributed by atoms with E-state index < -0.39 is 0 Å². The highest BCUT2D eigenvalue weighted by atomic mass is 16.2. The first-order valence-corrected chi connectivity index (χ1v) is 9.79. The number of hydrogen-bond acceptors (Lipinski definition) is 4. The molecule has 1 saturated heterocycles. The minimum absolute atomic E-state index is 0.0620. The van der Waals surface area contributed by atoms with E-state index in [0.717, 1.165) is 50.1 Å². The van der Waals surface area contributed by atoms with E-state index in [1.54, 1.807) is 0 Å². The molecule has 5 heteroatoms. The largest absolute Gasteiger partial charge is 0.325 e. The molecule has 0 saturated carbocycles. The van der Waals surface area contributed by atoms with E-state index in [4.69, 9.17) is 0 Å². The minimum atomic E-state index is 0.0620. The van der Waals surface area contributed by atoms with Crippen LogP contribution in [0.25, 0.3) is 0 Å². The number of anilines is 1. The van der Waals surface area contributed by atoms with Crippen LogP contribution in [-0.4, -0.2) is 60.0 Å². The Kier molecular flexibility index (Phi) is 6.96. The van der Waals surface area contributed by atoms with Crippen molar-refractivity contribution >= 4 is 11.6 Å². The number of hydrogen-bond donors (Lipinski definition) is 1. The van der Waals surface area contributed by atoms with Crippen LogP contribution >= 0.6 is 0 Å². The molecule has 27 heavy (non-hydrogen) atoms. The lowest BCUT2D eigenvalue weighted by Crippen LogP contribution is -2.46. The van der Waals surface area contributed by atoms with Gasteiger partial charge in [-0.1, -0.05) is 18.2 Å². The highest BCUT2D eigenvalue weighted by Crippen LogP contribution is 2.17. The fourth-order valence-corrected chi connectivity index (χ4v) is 3.68. The van der Waals surface area contributed by atoms with Crippen molar-refractivity contribution in [2.75, 3.05) is 38.5 Å². The molecule has 0 atom stereocenters. The summed E-state index contributed by atoms with van der Waals surface area (Å²) < 4.78 is 0. The second kappa shape index (κ2) is 9.62. The van der Waals surface area contributed by atoms with Crippen LogP contribution in [0.1, 0.15) is 24.0 Å². The zero-order valence-electron chi connectivity index (χ0n) is 16.4. The van der Waals surface area contributed by atoms with Crippen molar-refractivity contribution in [2.45, 2.75) is 32.2 Å². The first kappa shape index (κ1) is 19.5. The van der Waals surface area contributed by atoms with Gasteiger partial charge in [0.1, 0.15) is 0 Å². The van der Waals surface area contributed by atoms with Gasteiger partial charge in [-0.15, -0.1) is 0 Å². The fraction of sp³-hybridized carbons (Fsp3) is 0.455. The predicted octanol–water partition coefficient (Wildman–Crippen LogP) is 2.97.